The van der Waals surface area contributed by atoms with E-state index in [1.807, 2.05) is 39.6 Å². The second kappa shape index (κ2) is 8.81. The van der Waals surface area contributed by atoms with Crippen LogP contribution < -0.4 is 5.56 Å². The van der Waals surface area contributed by atoms with E-state index in [4.69, 9.17) is 0 Å². The highest BCUT2D eigenvalue weighted by molar-refractivity contribution is 6.01. The van der Waals surface area contributed by atoms with Crippen LogP contribution >= 0.6 is 0 Å². The third kappa shape index (κ3) is 3.77. The van der Waals surface area contributed by atoms with Crippen molar-refractivity contribution in [2.24, 2.45) is 0 Å². The molecule has 12 heteroatoms. The molecule has 1 saturated heterocycles. The molecule has 202 valence electrons. The number of carbonyl (C=O) groups excluding carboxylic acids is 1. The molecule has 6 heterocycles. The molecule has 5 aromatic rings. The van der Waals surface area contributed by atoms with Gasteiger partial charge in [0.05, 0.1) is 40.3 Å². The van der Waals surface area contributed by atoms with Crippen molar-refractivity contribution in [1.82, 2.24) is 33.9 Å². The summed E-state index contributed by atoms with van der Waals surface area (Å²) in [5.74, 6) is -2.74. The monoisotopic (exact) mass is 542 g/mol. The highest BCUT2D eigenvalue weighted by atomic mass is 19.3. The Morgan fingerprint density at radius 2 is 1.90 bits per heavy atom. The van der Waals surface area contributed by atoms with Gasteiger partial charge in [0, 0.05) is 68.9 Å². The van der Waals surface area contributed by atoms with Crippen LogP contribution in [0.1, 0.15) is 24.0 Å². The van der Waals surface area contributed by atoms with Crippen LogP contribution in [-0.4, -0.2) is 65.5 Å². The molecule has 0 bridgehead atoms. The fraction of sp³-hybridized carbons (Fsp3) is 0.286. The zero-order valence-electron chi connectivity index (χ0n) is 21.3. The topological polar surface area (TPSA) is 118 Å². The molecule has 1 aromatic carbocycles. The number of likely N-dealkylation sites (tertiary alicyclic amines) is 1. The normalized spacial score (nSPS) is 16.8. The first-order chi connectivity index (χ1) is 19.3. The van der Waals surface area contributed by atoms with Crippen molar-refractivity contribution in [2.75, 3.05) is 19.6 Å². The summed E-state index contributed by atoms with van der Waals surface area (Å²) in [6.45, 7) is 1.04. The maximum Gasteiger partial charge on any atom is 0.320 e. The minimum absolute atomic E-state index is 0.00869. The van der Waals surface area contributed by atoms with Crippen molar-refractivity contribution in [1.29, 1.82) is 5.26 Å². The number of aromatic nitrogens is 5. The smallest absolute Gasteiger partial charge is 0.320 e. The highest BCUT2D eigenvalue weighted by Gasteiger charge is 2.37. The Hall–Kier alpha value is -4.92. The molecule has 0 aliphatic carbocycles. The second-order valence-electron chi connectivity index (χ2n) is 10.3. The number of piperidine rings is 1. The van der Waals surface area contributed by atoms with Gasteiger partial charge in [-0.25, -0.2) is 18.6 Å². The summed E-state index contributed by atoms with van der Waals surface area (Å²) in [5, 5.41) is 16.3. The number of benzene rings is 1. The molecule has 2 aliphatic heterocycles. The van der Waals surface area contributed by atoms with Crippen molar-refractivity contribution < 1.29 is 13.6 Å². The molecule has 0 spiro atoms. The molecule has 0 unspecified atom stereocenters. The van der Waals surface area contributed by atoms with Crippen LogP contribution in [0.3, 0.4) is 0 Å². The quantitative estimate of drug-likeness (QED) is 0.348. The molecule has 40 heavy (non-hydrogen) atoms. The third-order valence-corrected chi connectivity index (χ3v) is 7.91. The Kier molecular flexibility index (Phi) is 5.31. The average Bonchev–Trinajstić information content (AvgIpc) is 3.61. The van der Waals surface area contributed by atoms with Gasteiger partial charge in [-0.3, -0.25) is 19.4 Å². The number of rotatable bonds is 2. The molecule has 2 aliphatic rings. The zero-order chi connectivity index (χ0) is 27.6. The van der Waals surface area contributed by atoms with E-state index in [1.54, 1.807) is 23.2 Å². The number of aromatic amines is 2. The first-order valence-electron chi connectivity index (χ1n) is 13.0. The van der Waals surface area contributed by atoms with Crippen molar-refractivity contribution >= 4 is 22.6 Å². The van der Waals surface area contributed by atoms with Gasteiger partial charge in [-0.2, -0.15) is 5.26 Å². The number of nitrogens with one attached hydrogen (secondary N) is 2. The van der Waals surface area contributed by atoms with Gasteiger partial charge in [0.2, 0.25) is 0 Å². The summed E-state index contributed by atoms with van der Waals surface area (Å²) in [6, 6.07) is 11.1. The first kappa shape index (κ1) is 24.1. The molecule has 2 amide bonds. The number of nitrogens with zero attached hydrogens (tertiary/aromatic N) is 6. The van der Waals surface area contributed by atoms with Crippen LogP contribution in [0.15, 0.2) is 53.7 Å². The Morgan fingerprint density at radius 3 is 2.70 bits per heavy atom. The van der Waals surface area contributed by atoms with Crippen molar-refractivity contribution in [3.05, 3.63) is 70.4 Å². The maximum absolute atomic E-state index is 13.7. The average molecular weight is 543 g/mol. The Bertz CT molecular complexity index is 1900. The minimum Gasteiger partial charge on any atom is -0.345 e. The van der Waals surface area contributed by atoms with E-state index in [9.17, 15) is 23.6 Å². The van der Waals surface area contributed by atoms with E-state index in [2.05, 4.69) is 21.3 Å². The summed E-state index contributed by atoms with van der Waals surface area (Å²) in [4.78, 5) is 34.1. The number of hydrogen-bond donors (Lipinski definition) is 2. The lowest BCUT2D eigenvalue weighted by Gasteiger charge is -2.35. The van der Waals surface area contributed by atoms with Crippen LogP contribution in [0.25, 0.3) is 39.1 Å². The number of imidazole rings is 1. The predicted molar refractivity (Wildman–Crippen MR) is 143 cm³/mol. The lowest BCUT2D eigenvalue weighted by Crippen LogP contribution is -2.49. The Labute approximate surface area is 226 Å². The van der Waals surface area contributed by atoms with Crippen LogP contribution in [0.4, 0.5) is 13.6 Å². The summed E-state index contributed by atoms with van der Waals surface area (Å²) in [5.41, 5.74) is 4.79. The van der Waals surface area contributed by atoms with Crippen LogP contribution in [0.2, 0.25) is 0 Å². The highest BCUT2D eigenvalue weighted by Crippen LogP contribution is 2.38. The first-order valence-corrected chi connectivity index (χ1v) is 13.0. The van der Waals surface area contributed by atoms with Crippen LogP contribution in [0.5, 0.6) is 0 Å². The standard InChI is InChI=1S/C28H24F2N8O2/c29-28(30)4-7-35(8-5-28)27(40)37-10-9-36-16-20(19-12-17(13-31)11-18(15-37)25(19)36)23-24(33-34-26(23)39)21-14-32-22-3-1-2-6-38(21)22/h1-3,6,11-12,14,16H,4-5,7-10,15H2,(H2,33,34,39). The molecule has 0 radical (unpaired) electrons. The summed E-state index contributed by atoms with van der Waals surface area (Å²) >= 11 is 0. The lowest BCUT2D eigenvalue weighted by atomic mass is 10.00. The largest absolute Gasteiger partial charge is 0.345 e. The van der Waals surface area contributed by atoms with E-state index in [-0.39, 0.29) is 44.1 Å². The van der Waals surface area contributed by atoms with E-state index in [1.165, 1.54) is 4.90 Å². The number of nitriles is 1. The van der Waals surface area contributed by atoms with Gasteiger partial charge in [-0.05, 0) is 29.8 Å². The number of halogens is 2. The number of H-pyrrole nitrogens is 2. The number of carbonyl (C=O) groups is 1. The molecule has 10 nitrogen and oxygen atoms in total. The predicted octanol–water partition coefficient (Wildman–Crippen LogP) is 4.18. The van der Waals surface area contributed by atoms with Gasteiger partial charge in [0.15, 0.2) is 0 Å². The molecule has 1 fully saturated rings. The molecule has 4 aromatic heterocycles. The zero-order valence-corrected chi connectivity index (χ0v) is 21.3. The van der Waals surface area contributed by atoms with Crippen LogP contribution in [0, 0.1) is 11.3 Å². The van der Waals surface area contributed by atoms with Crippen LogP contribution in [-0.2, 0) is 13.1 Å². The van der Waals surface area contributed by atoms with Crippen molar-refractivity contribution in [2.45, 2.75) is 31.9 Å². The molecule has 7 rings (SSSR count). The fourth-order valence-electron chi connectivity index (χ4n) is 5.92. The van der Waals surface area contributed by atoms with E-state index in [0.29, 0.717) is 41.2 Å². The van der Waals surface area contributed by atoms with Crippen molar-refractivity contribution in [3.63, 3.8) is 0 Å². The SMILES string of the molecule is N#Cc1cc2c3c(c1)c(-c1c(-c4cnc5ccccn45)[nH][nH]c1=O)cn3CCN(C(=O)N1CCC(F)(F)CC1)C2. The minimum atomic E-state index is -2.74. The van der Waals surface area contributed by atoms with Crippen molar-refractivity contribution in [3.8, 4) is 28.6 Å². The van der Waals surface area contributed by atoms with E-state index < -0.39 is 5.92 Å². The molecule has 0 atom stereocenters. The van der Waals surface area contributed by atoms with Gasteiger partial charge >= 0.3 is 6.03 Å². The summed E-state index contributed by atoms with van der Waals surface area (Å²) in [6.07, 6.45) is 4.77. The van der Waals surface area contributed by atoms with Gasteiger partial charge in [0.25, 0.3) is 11.5 Å². The van der Waals surface area contributed by atoms with Gasteiger partial charge in [0.1, 0.15) is 5.65 Å². The fourth-order valence-corrected chi connectivity index (χ4v) is 5.92. The molecule has 2 N–H and O–H groups in total. The lowest BCUT2D eigenvalue weighted by molar-refractivity contribution is -0.0493. The molecular weight excluding hydrogens is 518 g/mol. The molecular formula is C28H24F2N8O2. The maximum atomic E-state index is 13.7. The van der Waals surface area contributed by atoms with Gasteiger partial charge in [-0.15, -0.1) is 0 Å². The van der Waals surface area contributed by atoms with Gasteiger partial charge < -0.3 is 14.4 Å². The van der Waals surface area contributed by atoms with E-state index in [0.717, 1.165) is 22.1 Å². The number of fused-ring (bicyclic) bond motifs is 1. The molecule has 0 saturated carbocycles. The summed E-state index contributed by atoms with van der Waals surface area (Å²) < 4.78 is 31.3. The Morgan fingerprint density at radius 1 is 1.07 bits per heavy atom. The summed E-state index contributed by atoms with van der Waals surface area (Å²) in [7, 11) is 0. The van der Waals surface area contributed by atoms with E-state index >= 15 is 0 Å². The number of hydrogen-bond acceptors (Lipinski definition) is 4. The number of amides is 2. The number of alkyl halides is 2. The second-order valence-corrected chi connectivity index (χ2v) is 10.3. The Balaban J connectivity index is 1.32. The van der Waals surface area contributed by atoms with Gasteiger partial charge in [-0.1, -0.05) is 6.07 Å². The third-order valence-electron chi connectivity index (χ3n) is 7.91. The number of urea groups is 1. The number of pyridine rings is 1.